The molecule has 0 radical (unpaired) electrons. The van der Waals surface area contributed by atoms with E-state index in [1.165, 1.54) is 0 Å². The smallest absolute Gasteiger partial charge is 0.163 e. The van der Waals surface area contributed by atoms with E-state index >= 15 is 0 Å². The van der Waals surface area contributed by atoms with Crippen LogP contribution >= 0.6 is 0 Å². The molecule has 7 aromatic carbocycles. The third-order valence-electron chi connectivity index (χ3n) is 9.13. The van der Waals surface area contributed by atoms with E-state index in [0.717, 1.165) is 71.6 Å². The Bertz CT molecular complexity index is 2560. The van der Waals surface area contributed by atoms with Gasteiger partial charge in [-0.25, -0.2) is 9.97 Å². The number of rotatable bonds is 5. The maximum absolute atomic E-state index is 11.0. The van der Waals surface area contributed by atoms with E-state index in [4.69, 9.17) is 9.97 Å². The lowest BCUT2D eigenvalue weighted by Crippen LogP contribution is -2.03. The van der Waals surface area contributed by atoms with E-state index < -0.39 is 0 Å². The van der Waals surface area contributed by atoms with Crippen LogP contribution in [0.2, 0.25) is 0 Å². The molecule has 9 rings (SSSR count). The molecule has 48 heavy (non-hydrogen) atoms. The molecule has 4 heteroatoms. The van der Waals surface area contributed by atoms with Gasteiger partial charge in [0.15, 0.2) is 5.82 Å². The summed E-state index contributed by atoms with van der Waals surface area (Å²) >= 11 is 0. The van der Waals surface area contributed by atoms with Gasteiger partial charge < -0.3 is 5.11 Å². The van der Waals surface area contributed by atoms with Gasteiger partial charge in [0, 0.05) is 33.7 Å². The molecule has 0 spiro atoms. The monoisotopic (exact) mass is 615 g/mol. The van der Waals surface area contributed by atoms with Gasteiger partial charge in [0.25, 0.3) is 0 Å². The van der Waals surface area contributed by atoms with Crippen molar-refractivity contribution >= 4 is 32.4 Å². The third kappa shape index (κ3) is 4.62. The molecule has 0 aliphatic heterocycles. The first-order chi connectivity index (χ1) is 23.7. The minimum Gasteiger partial charge on any atom is -0.507 e. The molecule has 0 amide bonds. The zero-order chi connectivity index (χ0) is 32.0. The second-order valence-corrected chi connectivity index (χ2v) is 12.0. The van der Waals surface area contributed by atoms with Crippen molar-refractivity contribution < 1.29 is 5.11 Å². The van der Waals surface area contributed by atoms with Crippen molar-refractivity contribution in [3.63, 3.8) is 0 Å². The first-order valence-electron chi connectivity index (χ1n) is 16.1. The van der Waals surface area contributed by atoms with Gasteiger partial charge in [-0.2, -0.15) is 0 Å². The molecule has 0 aliphatic rings. The van der Waals surface area contributed by atoms with E-state index in [0.29, 0.717) is 11.5 Å². The summed E-state index contributed by atoms with van der Waals surface area (Å²) < 4.78 is 2.21. The fourth-order valence-electron chi connectivity index (χ4n) is 6.88. The third-order valence-corrected chi connectivity index (χ3v) is 9.13. The Labute approximate surface area is 277 Å². The second kappa shape index (κ2) is 11.4. The molecule has 0 saturated heterocycles. The van der Waals surface area contributed by atoms with E-state index in [9.17, 15) is 5.11 Å². The predicted molar refractivity (Wildman–Crippen MR) is 197 cm³/mol. The lowest BCUT2D eigenvalue weighted by atomic mass is 9.95. The average molecular weight is 616 g/mol. The Morgan fingerprint density at radius 1 is 0.438 bits per heavy atom. The van der Waals surface area contributed by atoms with Gasteiger partial charge in [-0.1, -0.05) is 152 Å². The molecule has 0 aliphatic carbocycles. The molecule has 0 fully saturated rings. The fourth-order valence-corrected chi connectivity index (χ4v) is 6.88. The van der Waals surface area contributed by atoms with Crippen molar-refractivity contribution in [2.45, 2.75) is 0 Å². The van der Waals surface area contributed by atoms with E-state index in [1.807, 2.05) is 36.4 Å². The lowest BCUT2D eigenvalue weighted by molar-refractivity contribution is 0.482. The Morgan fingerprint density at radius 3 is 1.79 bits per heavy atom. The summed E-state index contributed by atoms with van der Waals surface area (Å²) in [6, 6.07) is 56.1. The van der Waals surface area contributed by atoms with E-state index in [-0.39, 0.29) is 5.75 Å². The number of para-hydroxylation sites is 1. The van der Waals surface area contributed by atoms with Gasteiger partial charge in [0.05, 0.1) is 16.9 Å². The Balaban J connectivity index is 1.39. The average Bonchev–Trinajstić information content (AvgIpc) is 3.60. The summed E-state index contributed by atoms with van der Waals surface area (Å²) in [7, 11) is 0. The number of benzene rings is 7. The van der Waals surface area contributed by atoms with Crippen molar-refractivity contribution in [1.29, 1.82) is 0 Å². The number of aromatic nitrogens is 3. The van der Waals surface area contributed by atoms with Crippen molar-refractivity contribution in [2.24, 2.45) is 0 Å². The largest absolute Gasteiger partial charge is 0.507 e. The van der Waals surface area contributed by atoms with Crippen LogP contribution in [-0.2, 0) is 0 Å². The van der Waals surface area contributed by atoms with Crippen LogP contribution in [0.5, 0.6) is 5.75 Å². The fraction of sp³-hybridized carbons (Fsp3) is 0. The number of phenolic OH excluding ortho intramolecular Hbond substituents is 1. The highest BCUT2D eigenvalue weighted by Gasteiger charge is 2.22. The van der Waals surface area contributed by atoms with Crippen LogP contribution in [0.1, 0.15) is 0 Å². The SMILES string of the molecule is Oc1cccc2ccc3ccc(-c4nc(-c5cccc6ccccc56)cn4-c4c(-c5ccccc5)cccc4-c4ccccc4)nc3c12. The molecule has 4 nitrogen and oxygen atoms in total. The number of aromatic hydroxyl groups is 1. The standard InChI is InChI=1S/C44H29N3O/c48-40-23-10-18-32-24-25-33-26-27-38(45-42(33)41(32)40)44-46-39(37-22-9-17-29-16-7-8-19-34(29)37)28-47(44)43-35(30-12-3-1-4-13-30)20-11-21-36(43)31-14-5-2-6-15-31/h1-28,48H. The first-order valence-corrected chi connectivity index (χ1v) is 16.1. The highest BCUT2D eigenvalue weighted by Crippen LogP contribution is 2.40. The van der Waals surface area contributed by atoms with Gasteiger partial charge in [-0.3, -0.25) is 4.57 Å². The molecule has 2 heterocycles. The second-order valence-electron chi connectivity index (χ2n) is 12.0. The summed E-state index contributed by atoms with van der Waals surface area (Å²) in [6.07, 6.45) is 2.15. The summed E-state index contributed by atoms with van der Waals surface area (Å²) in [5.41, 5.74) is 8.77. The molecule has 0 bridgehead atoms. The number of hydrogen-bond donors (Lipinski definition) is 1. The van der Waals surface area contributed by atoms with Crippen LogP contribution in [0.15, 0.2) is 170 Å². The van der Waals surface area contributed by atoms with E-state index in [2.05, 4.69) is 132 Å². The van der Waals surface area contributed by atoms with Crippen molar-refractivity contribution in [2.75, 3.05) is 0 Å². The van der Waals surface area contributed by atoms with Crippen molar-refractivity contribution in [1.82, 2.24) is 14.5 Å². The number of hydrogen-bond acceptors (Lipinski definition) is 3. The zero-order valence-electron chi connectivity index (χ0n) is 26.0. The van der Waals surface area contributed by atoms with Crippen molar-refractivity contribution in [3.8, 4) is 56.5 Å². The Morgan fingerprint density at radius 2 is 1.02 bits per heavy atom. The zero-order valence-corrected chi connectivity index (χ0v) is 26.0. The summed E-state index contributed by atoms with van der Waals surface area (Å²) in [4.78, 5) is 10.6. The highest BCUT2D eigenvalue weighted by atomic mass is 16.3. The molecule has 0 unspecified atom stereocenters. The minimum absolute atomic E-state index is 0.211. The molecule has 1 N–H and O–H groups in total. The van der Waals surface area contributed by atoms with Crippen LogP contribution in [-0.4, -0.2) is 19.6 Å². The van der Waals surface area contributed by atoms with Gasteiger partial charge >= 0.3 is 0 Å². The number of pyridine rings is 1. The molecular weight excluding hydrogens is 587 g/mol. The normalized spacial score (nSPS) is 11.4. The predicted octanol–water partition coefficient (Wildman–Crippen LogP) is 11.1. The molecular formula is C44H29N3O. The topological polar surface area (TPSA) is 50.9 Å². The number of phenols is 1. The van der Waals surface area contributed by atoms with Crippen LogP contribution in [0.4, 0.5) is 0 Å². The Kier molecular flexibility index (Phi) is 6.58. The van der Waals surface area contributed by atoms with Crippen LogP contribution in [0.25, 0.3) is 83.2 Å². The van der Waals surface area contributed by atoms with Gasteiger partial charge in [-0.05, 0) is 39.4 Å². The lowest BCUT2D eigenvalue weighted by Gasteiger charge is -2.18. The van der Waals surface area contributed by atoms with Gasteiger partial charge in [0.1, 0.15) is 11.4 Å². The van der Waals surface area contributed by atoms with Crippen LogP contribution in [0.3, 0.4) is 0 Å². The molecule has 226 valence electrons. The molecule has 9 aromatic rings. The van der Waals surface area contributed by atoms with Crippen molar-refractivity contribution in [3.05, 3.63) is 170 Å². The number of nitrogens with zero attached hydrogens (tertiary/aromatic N) is 3. The quantitative estimate of drug-likeness (QED) is 0.196. The summed E-state index contributed by atoms with van der Waals surface area (Å²) in [5, 5.41) is 15.9. The van der Waals surface area contributed by atoms with Gasteiger partial charge in [-0.15, -0.1) is 0 Å². The maximum atomic E-state index is 11.0. The summed E-state index contributed by atoms with van der Waals surface area (Å²) in [5.74, 6) is 0.927. The summed E-state index contributed by atoms with van der Waals surface area (Å²) in [6.45, 7) is 0. The first kappa shape index (κ1) is 27.8. The molecule has 0 atom stereocenters. The maximum Gasteiger partial charge on any atom is 0.163 e. The number of fused-ring (bicyclic) bond motifs is 4. The van der Waals surface area contributed by atoms with Crippen LogP contribution in [0, 0.1) is 0 Å². The molecule has 0 saturated carbocycles. The molecule has 2 aromatic heterocycles. The minimum atomic E-state index is 0.211. The highest BCUT2D eigenvalue weighted by molar-refractivity contribution is 6.09. The van der Waals surface area contributed by atoms with E-state index in [1.54, 1.807) is 6.07 Å². The Hall–Kier alpha value is -6.52. The van der Waals surface area contributed by atoms with Crippen LogP contribution < -0.4 is 0 Å². The number of imidazole rings is 1. The van der Waals surface area contributed by atoms with Gasteiger partial charge in [0.2, 0.25) is 0 Å².